The minimum Gasteiger partial charge on any atom is -0.481 e. The van der Waals surface area contributed by atoms with Crippen LogP contribution in [0.3, 0.4) is 0 Å². The van der Waals surface area contributed by atoms with Crippen molar-refractivity contribution in [3.63, 3.8) is 0 Å². The van der Waals surface area contributed by atoms with Crippen molar-refractivity contribution in [2.24, 2.45) is 0 Å². The van der Waals surface area contributed by atoms with E-state index < -0.39 is 0 Å². The Labute approximate surface area is 111 Å². The lowest BCUT2D eigenvalue weighted by Gasteiger charge is -2.23. The van der Waals surface area contributed by atoms with E-state index in [4.69, 9.17) is 4.74 Å². The van der Waals surface area contributed by atoms with Gasteiger partial charge in [0.05, 0.1) is 12.6 Å². The lowest BCUT2D eigenvalue weighted by atomic mass is 10.1. The first-order valence-corrected chi connectivity index (χ1v) is 6.64. The number of aromatic nitrogens is 2. The summed E-state index contributed by atoms with van der Waals surface area (Å²) in [5, 5.41) is 6.56. The van der Waals surface area contributed by atoms with E-state index in [0.29, 0.717) is 5.88 Å². The Kier molecular flexibility index (Phi) is 3.93. The quantitative estimate of drug-likeness (QED) is 0.900. The molecule has 96 valence electrons. The third-order valence-corrected chi connectivity index (χ3v) is 3.80. The molecule has 0 unspecified atom stereocenters. The second-order valence-electron chi connectivity index (χ2n) is 4.52. The Hall–Kier alpha value is -1.46. The molecule has 5 heteroatoms. The first kappa shape index (κ1) is 13.0. The van der Waals surface area contributed by atoms with Gasteiger partial charge in [0.2, 0.25) is 5.88 Å². The van der Waals surface area contributed by atoms with Crippen molar-refractivity contribution < 1.29 is 4.74 Å². The number of rotatable bonds is 5. The predicted octanol–water partition coefficient (Wildman–Crippen LogP) is 2.57. The van der Waals surface area contributed by atoms with Crippen LogP contribution < -0.4 is 10.1 Å². The largest absolute Gasteiger partial charge is 0.481 e. The van der Waals surface area contributed by atoms with Gasteiger partial charge in [-0.25, -0.2) is 9.97 Å². The van der Waals surface area contributed by atoms with E-state index in [1.165, 1.54) is 0 Å². The van der Waals surface area contributed by atoms with Crippen molar-refractivity contribution in [1.29, 1.82) is 0 Å². The monoisotopic (exact) mass is 263 g/mol. The fourth-order valence-corrected chi connectivity index (χ4v) is 2.31. The molecule has 0 aromatic carbocycles. The lowest BCUT2D eigenvalue weighted by molar-refractivity contribution is 0.392. The summed E-state index contributed by atoms with van der Waals surface area (Å²) in [5.41, 5.74) is 0.995. The molecule has 0 aliphatic carbocycles. The molecule has 0 aliphatic rings. The maximum atomic E-state index is 5.03. The first-order valence-electron chi connectivity index (χ1n) is 5.76. The number of hydrogen-bond acceptors (Lipinski definition) is 5. The Balaban J connectivity index is 1.98. The van der Waals surface area contributed by atoms with E-state index in [0.717, 1.165) is 17.1 Å². The second kappa shape index (κ2) is 5.46. The molecule has 2 heterocycles. The Bertz CT molecular complexity index is 479. The third kappa shape index (κ3) is 3.05. The van der Waals surface area contributed by atoms with Crippen LogP contribution in [-0.2, 0) is 12.1 Å². The molecule has 0 saturated carbocycles. The van der Waals surface area contributed by atoms with Gasteiger partial charge >= 0.3 is 0 Å². The highest BCUT2D eigenvalue weighted by Gasteiger charge is 2.22. The SMILES string of the molecule is COc1ccc(CNC(C)(C)c2nccs2)cn1. The van der Waals surface area contributed by atoms with E-state index in [1.54, 1.807) is 18.4 Å². The number of pyridine rings is 1. The molecule has 0 aliphatic heterocycles. The molecule has 1 N–H and O–H groups in total. The van der Waals surface area contributed by atoms with Crippen LogP contribution in [0, 0.1) is 0 Å². The van der Waals surface area contributed by atoms with Gasteiger partial charge in [-0.3, -0.25) is 0 Å². The average Bonchev–Trinajstić information content (AvgIpc) is 2.92. The van der Waals surface area contributed by atoms with Crippen LogP contribution in [0.5, 0.6) is 5.88 Å². The minimum atomic E-state index is -0.131. The minimum absolute atomic E-state index is 0.131. The zero-order chi connectivity index (χ0) is 13.0. The molecule has 2 rings (SSSR count). The molecule has 0 radical (unpaired) electrons. The Morgan fingerprint density at radius 2 is 2.17 bits per heavy atom. The van der Waals surface area contributed by atoms with Crippen molar-refractivity contribution in [2.45, 2.75) is 25.9 Å². The van der Waals surface area contributed by atoms with Gasteiger partial charge in [-0.2, -0.15) is 0 Å². The number of nitrogens with one attached hydrogen (secondary N) is 1. The molecule has 0 fully saturated rings. The predicted molar refractivity (Wildman–Crippen MR) is 72.8 cm³/mol. The smallest absolute Gasteiger partial charge is 0.212 e. The van der Waals surface area contributed by atoms with Gasteiger partial charge < -0.3 is 10.1 Å². The topological polar surface area (TPSA) is 47.0 Å². The Morgan fingerprint density at radius 3 is 2.72 bits per heavy atom. The van der Waals surface area contributed by atoms with Crippen molar-refractivity contribution in [3.05, 3.63) is 40.5 Å². The standard InChI is InChI=1S/C13H17N3OS/c1-13(2,12-14-6-7-18-12)16-9-10-4-5-11(17-3)15-8-10/h4-8,16H,9H2,1-3H3. The summed E-state index contributed by atoms with van der Waals surface area (Å²) in [5.74, 6) is 0.637. The van der Waals surface area contributed by atoms with Gasteiger partial charge in [-0.05, 0) is 19.4 Å². The van der Waals surface area contributed by atoms with E-state index in [-0.39, 0.29) is 5.54 Å². The number of ether oxygens (including phenoxy) is 1. The fourth-order valence-electron chi connectivity index (χ4n) is 1.57. The number of methoxy groups -OCH3 is 1. The summed E-state index contributed by atoms with van der Waals surface area (Å²) in [6.07, 6.45) is 3.65. The molecule has 18 heavy (non-hydrogen) atoms. The fraction of sp³-hybridized carbons (Fsp3) is 0.385. The van der Waals surface area contributed by atoms with Crippen molar-refractivity contribution in [2.75, 3.05) is 7.11 Å². The van der Waals surface area contributed by atoms with Gasteiger partial charge in [-0.15, -0.1) is 11.3 Å². The summed E-state index contributed by atoms with van der Waals surface area (Å²) in [6.45, 7) is 5.01. The molecule has 0 bridgehead atoms. The highest BCUT2D eigenvalue weighted by atomic mass is 32.1. The van der Waals surface area contributed by atoms with Crippen LogP contribution in [0.2, 0.25) is 0 Å². The van der Waals surface area contributed by atoms with Crippen LogP contribution in [0.1, 0.15) is 24.4 Å². The number of nitrogens with zero attached hydrogens (tertiary/aromatic N) is 2. The van der Waals surface area contributed by atoms with E-state index in [9.17, 15) is 0 Å². The third-order valence-electron chi connectivity index (χ3n) is 2.71. The molecule has 2 aromatic heterocycles. The molecule has 0 amide bonds. The van der Waals surface area contributed by atoms with Crippen LogP contribution in [0.4, 0.5) is 0 Å². The van der Waals surface area contributed by atoms with Crippen LogP contribution in [0.15, 0.2) is 29.9 Å². The molecular formula is C13H17N3OS. The van der Waals surface area contributed by atoms with Gasteiger partial charge in [0, 0.05) is 30.4 Å². The molecule has 0 spiro atoms. The van der Waals surface area contributed by atoms with Gasteiger partial charge in [0.1, 0.15) is 5.01 Å². The number of hydrogen-bond donors (Lipinski definition) is 1. The zero-order valence-corrected chi connectivity index (χ0v) is 11.6. The molecule has 0 atom stereocenters. The molecule has 4 nitrogen and oxygen atoms in total. The zero-order valence-electron chi connectivity index (χ0n) is 10.8. The van der Waals surface area contributed by atoms with Gasteiger partial charge in [-0.1, -0.05) is 6.07 Å². The lowest BCUT2D eigenvalue weighted by Crippen LogP contribution is -2.35. The van der Waals surface area contributed by atoms with Crippen molar-refractivity contribution in [1.82, 2.24) is 15.3 Å². The van der Waals surface area contributed by atoms with Crippen molar-refractivity contribution in [3.8, 4) is 5.88 Å². The maximum absolute atomic E-state index is 5.03. The average molecular weight is 263 g/mol. The Morgan fingerprint density at radius 1 is 1.33 bits per heavy atom. The van der Waals surface area contributed by atoms with E-state index in [2.05, 4.69) is 29.1 Å². The summed E-state index contributed by atoms with van der Waals surface area (Å²) in [4.78, 5) is 8.53. The summed E-state index contributed by atoms with van der Waals surface area (Å²) >= 11 is 1.66. The first-order chi connectivity index (χ1) is 8.62. The summed E-state index contributed by atoms with van der Waals surface area (Å²) in [6, 6.07) is 3.88. The molecule has 2 aromatic rings. The van der Waals surface area contributed by atoms with Gasteiger partial charge in [0.25, 0.3) is 0 Å². The van der Waals surface area contributed by atoms with Crippen LogP contribution >= 0.6 is 11.3 Å². The maximum Gasteiger partial charge on any atom is 0.212 e. The van der Waals surface area contributed by atoms with E-state index in [1.807, 2.05) is 29.9 Å². The highest BCUT2D eigenvalue weighted by Crippen LogP contribution is 2.22. The highest BCUT2D eigenvalue weighted by molar-refractivity contribution is 7.09. The summed E-state index contributed by atoms with van der Waals surface area (Å²) in [7, 11) is 1.62. The van der Waals surface area contributed by atoms with E-state index >= 15 is 0 Å². The van der Waals surface area contributed by atoms with Gasteiger partial charge in [0.15, 0.2) is 0 Å². The van der Waals surface area contributed by atoms with Crippen molar-refractivity contribution >= 4 is 11.3 Å². The molecular weight excluding hydrogens is 246 g/mol. The normalized spacial score (nSPS) is 11.5. The van der Waals surface area contributed by atoms with Crippen LogP contribution in [-0.4, -0.2) is 17.1 Å². The number of thiazole rings is 1. The summed E-state index contributed by atoms with van der Waals surface area (Å²) < 4.78 is 5.03. The second-order valence-corrected chi connectivity index (χ2v) is 5.42. The van der Waals surface area contributed by atoms with Crippen LogP contribution in [0.25, 0.3) is 0 Å². The molecule has 0 saturated heterocycles.